The average molecular weight is 571 g/mol. The summed E-state index contributed by atoms with van der Waals surface area (Å²) in [6.45, 7) is 0. The van der Waals surface area contributed by atoms with Gasteiger partial charge in [0.1, 0.15) is 22.3 Å². The molecule has 0 bridgehead atoms. The minimum atomic E-state index is -0.369. The van der Waals surface area contributed by atoms with Crippen LogP contribution in [0.5, 0.6) is 0 Å². The Kier molecular flexibility index (Phi) is 7.85. The molecule has 11 heteroatoms. The van der Waals surface area contributed by atoms with Gasteiger partial charge < -0.3 is 5.32 Å². The van der Waals surface area contributed by atoms with Crippen LogP contribution in [0.15, 0.2) is 83.3 Å². The number of nitrogens with zero attached hydrogens (tertiary/aromatic N) is 4. The number of hydrogen-bond acceptors (Lipinski definition) is 6. The zero-order valence-corrected chi connectivity index (χ0v) is 22.2. The molecule has 0 fully saturated rings. The zero-order chi connectivity index (χ0) is 25.8. The molecule has 1 amide bonds. The Balaban J connectivity index is 1.35. The number of halogens is 3. The topological polar surface area (TPSA) is 72.7 Å². The molecule has 186 valence electrons. The summed E-state index contributed by atoms with van der Waals surface area (Å²) in [5.74, 6) is 0.514. The molecule has 0 aliphatic heterocycles. The second-order valence-corrected chi connectivity index (χ2v) is 10.6. The monoisotopic (exact) mass is 569 g/mol. The van der Waals surface area contributed by atoms with Crippen LogP contribution in [0.2, 0.25) is 10.0 Å². The molecule has 6 nitrogen and oxygen atoms in total. The molecule has 0 unspecified atom stereocenters. The molecule has 2 heterocycles. The summed E-state index contributed by atoms with van der Waals surface area (Å²) in [5.41, 5.74) is 2.69. The highest BCUT2D eigenvalue weighted by Crippen LogP contribution is 2.30. The number of thioether (sulfide) groups is 1. The first-order chi connectivity index (χ1) is 18.0. The van der Waals surface area contributed by atoms with Gasteiger partial charge in [0.25, 0.3) is 5.91 Å². The molecule has 0 aliphatic rings. The maximum atomic E-state index is 13.1. The fourth-order valence-corrected chi connectivity index (χ4v) is 5.56. The number of amides is 1. The Morgan fingerprint density at radius 3 is 2.54 bits per heavy atom. The molecule has 5 rings (SSSR count). The van der Waals surface area contributed by atoms with Gasteiger partial charge in [0.15, 0.2) is 5.16 Å². The highest BCUT2D eigenvalue weighted by Gasteiger charge is 2.18. The van der Waals surface area contributed by atoms with Crippen molar-refractivity contribution in [2.45, 2.75) is 17.3 Å². The fraction of sp³-hybridized carbons (Fsp3) is 0.0769. The van der Waals surface area contributed by atoms with Gasteiger partial charge in [-0.05, 0) is 48.0 Å². The second-order valence-electron chi connectivity index (χ2n) is 7.87. The number of carbonyl (C=O) groups excluding carboxylic acids is 1. The number of rotatable bonds is 8. The van der Waals surface area contributed by atoms with Crippen molar-refractivity contribution < 1.29 is 9.18 Å². The van der Waals surface area contributed by atoms with Gasteiger partial charge in [0.05, 0.1) is 21.5 Å². The van der Waals surface area contributed by atoms with Crippen molar-refractivity contribution in [2.75, 3.05) is 5.32 Å². The Morgan fingerprint density at radius 2 is 1.78 bits per heavy atom. The van der Waals surface area contributed by atoms with E-state index in [4.69, 9.17) is 23.2 Å². The SMILES string of the molecule is O=C(Nc1ccc(F)cc1)c1csc(CSc2nnc(Cc3ccccc3)n2-c2ccc(Cl)c(Cl)c2)n1. The summed E-state index contributed by atoms with van der Waals surface area (Å²) in [6.07, 6.45) is 0.583. The third kappa shape index (κ3) is 6.19. The lowest BCUT2D eigenvalue weighted by Gasteiger charge is -2.11. The summed E-state index contributed by atoms with van der Waals surface area (Å²) in [4.78, 5) is 17.0. The predicted octanol–water partition coefficient (Wildman–Crippen LogP) is 7.31. The summed E-state index contributed by atoms with van der Waals surface area (Å²) in [5, 5.41) is 15.6. The van der Waals surface area contributed by atoms with E-state index in [2.05, 4.69) is 20.5 Å². The van der Waals surface area contributed by atoms with E-state index in [-0.39, 0.29) is 11.7 Å². The minimum absolute atomic E-state index is 0.292. The van der Waals surface area contributed by atoms with Crippen LogP contribution in [0.1, 0.15) is 26.9 Å². The van der Waals surface area contributed by atoms with E-state index < -0.39 is 0 Å². The molecule has 5 aromatic rings. The predicted molar refractivity (Wildman–Crippen MR) is 147 cm³/mol. The van der Waals surface area contributed by atoms with Crippen molar-refractivity contribution in [3.05, 3.63) is 116 Å². The molecule has 1 N–H and O–H groups in total. The van der Waals surface area contributed by atoms with Gasteiger partial charge in [-0.25, -0.2) is 9.37 Å². The number of nitrogens with one attached hydrogen (secondary N) is 1. The summed E-state index contributed by atoms with van der Waals surface area (Å²) in [7, 11) is 0. The van der Waals surface area contributed by atoms with Crippen LogP contribution in [-0.2, 0) is 12.2 Å². The van der Waals surface area contributed by atoms with Crippen LogP contribution in [0, 0.1) is 5.82 Å². The van der Waals surface area contributed by atoms with Gasteiger partial charge >= 0.3 is 0 Å². The summed E-state index contributed by atoms with van der Waals surface area (Å²) in [6, 6.07) is 21.0. The van der Waals surface area contributed by atoms with Crippen LogP contribution in [0.4, 0.5) is 10.1 Å². The summed E-state index contributed by atoms with van der Waals surface area (Å²) >= 11 is 15.3. The van der Waals surface area contributed by atoms with Gasteiger partial charge in [-0.1, -0.05) is 65.3 Å². The van der Waals surface area contributed by atoms with E-state index >= 15 is 0 Å². The third-order valence-electron chi connectivity index (χ3n) is 5.28. The second kappa shape index (κ2) is 11.4. The van der Waals surface area contributed by atoms with Gasteiger partial charge in [0.2, 0.25) is 0 Å². The number of aromatic nitrogens is 4. The van der Waals surface area contributed by atoms with Crippen LogP contribution < -0.4 is 5.32 Å². The number of hydrogen-bond donors (Lipinski definition) is 1. The molecule has 3 aromatic carbocycles. The normalized spacial score (nSPS) is 11.0. The highest BCUT2D eigenvalue weighted by atomic mass is 35.5. The van der Waals surface area contributed by atoms with E-state index in [0.29, 0.717) is 38.8 Å². The van der Waals surface area contributed by atoms with Gasteiger partial charge in [-0.15, -0.1) is 21.5 Å². The van der Waals surface area contributed by atoms with Crippen molar-refractivity contribution in [3.8, 4) is 5.69 Å². The average Bonchev–Trinajstić information content (AvgIpc) is 3.54. The Morgan fingerprint density at radius 1 is 1.00 bits per heavy atom. The number of thiazole rings is 1. The minimum Gasteiger partial charge on any atom is -0.321 e. The first-order valence-electron chi connectivity index (χ1n) is 11.0. The van der Waals surface area contributed by atoms with E-state index in [1.165, 1.54) is 47.4 Å². The lowest BCUT2D eigenvalue weighted by molar-refractivity contribution is 0.102. The molecule has 0 atom stereocenters. The maximum absolute atomic E-state index is 13.1. The quantitative estimate of drug-likeness (QED) is 0.198. The van der Waals surface area contributed by atoms with Crippen molar-refractivity contribution in [1.29, 1.82) is 0 Å². The number of benzene rings is 3. The van der Waals surface area contributed by atoms with Crippen molar-refractivity contribution in [1.82, 2.24) is 19.7 Å². The van der Waals surface area contributed by atoms with E-state index in [9.17, 15) is 9.18 Å². The lowest BCUT2D eigenvalue weighted by Crippen LogP contribution is -2.12. The zero-order valence-electron chi connectivity index (χ0n) is 19.1. The highest BCUT2D eigenvalue weighted by molar-refractivity contribution is 7.98. The van der Waals surface area contributed by atoms with Crippen LogP contribution in [-0.4, -0.2) is 25.7 Å². The first kappa shape index (κ1) is 25.4. The molecule has 0 spiro atoms. The third-order valence-corrected chi connectivity index (χ3v) is 7.99. The van der Waals surface area contributed by atoms with Crippen molar-refractivity contribution >= 4 is 57.9 Å². The number of anilines is 1. The first-order valence-corrected chi connectivity index (χ1v) is 13.7. The van der Waals surface area contributed by atoms with Crippen molar-refractivity contribution in [2.24, 2.45) is 0 Å². The Hall–Kier alpha value is -3.24. The van der Waals surface area contributed by atoms with Crippen LogP contribution in [0.25, 0.3) is 5.69 Å². The molecular formula is C26H18Cl2FN5OS2. The fourth-order valence-electron chi connectivity index (χ4n) is 3.51. The van der Waals surface area contributed by atoms with Crippen LogP contribution >= 0.6 is 46.3 Å². The lowest BCUT2D eigenvalue weighted by atomic mass is 10.1. The molecule has 37 heavy (non-hydrogen) atoms. The molecule has 0 aliphatic carbocycles. The molecule has 0 saturated carbocycles. The van der Waals surface area contributed by atoms with Gasteiger partial charge in [-0.3, -0.25) is 9.36 Å². The number of carbonyl (C=O) groups is 1. The van der Waals surface area contributed by atoms with E-state index in [1.54, 1.807) is 17.5 Å². The Labute approximate surface area is 230 Å². The smallest absolute Gasteiger partial charge is 0.275 e. The molecule has 0 radical (unpaired) electrons. The molecule has 0 saturated heterocycles. The standard InChI is InChI=1S/C26H18Cl2FN5OS2/c27-20-11-10-19(13-21(20)28)34-23(12-16-4-2-1-3-5-16)32-33-26(34)37-15-24-31-22(14-36-24)25(35)30-18-8-6-17(29)7-9-18/h1-11,13-14H,12,15H2,(H,30,35). The van der Waals surface area contributed by atoms with Gasteiger partial charge in [-0.2, -0.15) is 0 Å². The van der Waals surface area contributed by atoms with Crippen LogP contribution in [0.3, 0.4) is 0 Å². The largest absolute Gasteiger partial charge is 0.321 e. The van der Waals surface area contributed by atoms with E-state index in [1.807, 2.05) is 41.0 Å². The van der Waals surface area contributed by atoms with E-state index in [0.717, 1.165) is 22.1 Å². The molecular weight excluding hydrogens is 552 g/mol. The molecule has 2 aromatic heterocycles. The maximum Gasteiger partial charge on any atom is 0.275 e. The van der Waals surface area contributed by atoms with Crippen molar-refractivity contribution in [3.63, 3.8) is 0 Å². The Bertz CT molecular complexity index is 1540. The summed E-state index contributed by atoms with van der Waals surface area (Å²) < 4.78 is 15.1. The van der Waals surface area contributed by atoms with Gasteiger partial charge in [0, 0.05) is 17.5 Å².